The number of piperazine rings is 1. The van der Waals surface area contributed by atoms with Crippen molar-refractivity contribution in [2.45, 2.75) is 58.7 Å². The molecule has 0 aromatic carbocycles. The normalized spacial score (nSPS) is 29.9. The molecule has 126 valence electrons. The molecule has 3 unspecified atom stereocenters. The summed E-state index contributed by atoms with van der Waals surface area (Å²) in [5.41, 5.74) is -0.489. The highest BCUT2D eigenvalue weighted by Crippen LogP contribution is 2.19. The number of rotatable bonds is 2. The van der Waals surface area contributed by atoms with E-state index in [-0.39, 0.29) is 24.1 Å². The lowest BCUT2D eigenvalue weighted by atomic mass is 10.1. The van der Waals surface area contributed by atoms with E-state index in [4.69, 9.17) is 4.74 Å². The molecule has 0 saturated carbocycles. The van der Waals surface area contributed by atoms with Crippen LogP contribution in [0.2, 0.25) is 0 Å². The molecule has 0 bridgehead atoms. The van der Waals surface area contributed by atoms with Gasteiger partial charge >= 0.3 is 6.09 Å². The van der Waals surface area contributed by atoms with Gasteiger partial charge in [-0.25, -0.2) is 4.79 Å². The van der Waals surface area contributed by atoms with Crippen LogP contribution in [0.1, 0.15) is 41.0 Å². The van der Waals surface area contributed by atoms with E-state index in [0.717, 1.165) is 13.1 Å². The van der Waals surface area contributed by atoms with E-state index >= 15 is 0 Å². The van der Waals surface area contributed by atoms with Gasteiger partial charge in [-0.1, -0.05) is 6.92 Å². The van der Waals surface area contributed by atoms with Gasteiger partial charge in [0.25, 0.3) is 0 Å². The van der Waals surface area contributed by atoms with E-state index in [1.807, 2.05) is 32.6 Å². The predicted molar refractivity (Wildman–Crippen MR) is 84.6 cm³/mol. The number of hydrogen-bond acceptors (Lipinski definition) is 4. The Morgan fingerprint density at radius 2 is 2.00 bits per heavy atom. The third kappa shape index (κ3) is 4.35. The Bertz CT molecular complexity index is 433. The molecule has 2 aliphatic heterocycles. The highest BCUT2D eigenvalue weighted by Gasteiger charge is 2.34. The van der Waals surface area contributed by atoms with Crippen molar-refractivity contribution in [3.8, 4) is 0 Å². The van der Waals surface area contributed by atoms with Crippen LogP contribution in [-0.2, 0) is 9.53 Å². The predicted octanol–water partition coefficient (Wildman–Crippen LogP) is 1.45. The van der Waals surface area contributed by atoms with Gasteiger partial charge in [-0.05, 0) is 33.6 Å². The number of carbonyl (C=O) groups is 2. The van der Waals surface area contributed by atoms with Crippen LogP contribution in [0.3, 0.4) is 0 Å². The van der Waals surface area contributed by atoms with Gasteiger partial charge in [0.1, 0.15) is 5.60 Å². The smallest absolute Gasteiger partial charge is 0.410 e. The van der Waals surface area contributed by atoms with Crippen LogP contribution in [0.25, 0.3) is 0 Å². The van der Waals surface area contributed by atoms with Crippen molar-refractivity contribution in [3.63, 3.8) is 0 Å². The molecular weight excluding hydrogens is 282 g/mol. The molecule has 2 rings (SSSR count). The second-order valence-corrected chi connectivity index (χ2v) is 7.69. The number of nitrogens with one attached hydrogen (secondary N) is 1. The quantitative estimate of drug-likeness (QED) is 0.838. The van der Waals surface area contributed by atoms with E-state index in [1.54, 1.807) is 4.90 Å². The molecule has 0 aromatic rings. The van der Waals surface area contributed by atoms with Gasteiger partial charge in [-0.3, -0.25) is 4.79 Å². The third-order valence-electron chi connectivity index (χ3n) is 4.13. The molecule has 3 atom stereocenters. The molecule has 6 nitrogen and oxygen atoms in total. The van der Waals surface area contributed by atoms with Crippen molar-refractivity contribution >= 4 is 12.0 Å². The second-order valence-electron chi connectivity index (χ2n) is 7.69. The number of nitrogens with zero attached hydrogens (tertiary/aromatic N) is 2. The topological polar surface area (TPSA) is 61.9 Å². The van der Waals surface area contributed by atoms with Gasteiger partial charge in [0.05, 0.1) is 0 Å². The average Bonchev–Trinajstić information content (AvgIpc) is 2.68. The molecule has 2 amide bonds. The van der Waals surface area contributed by atoms with Gasteiger partial charge in [0, 0.05) is 44.7 Å². The fourth-order valence-electron chi connectivity index (χ4n) is 3.04. The van der Waals surface area contributed by atoms with E-state index in [9.17, 15) is 9.59 Å². The van der Waals surface area contributed by atoms with Crippen molar-refractivity contribution in [2.75, 3.05) is 26.2 Å². The summed E-state index contributed by atoms with van der Waals surface area (Å²) in [6.45, 7) is 12.5. The van der Waals surface area contributed by atoms with Crippen LogP contribution < -0.4 is 5.32 Å². The molecule has 2 aliphatic rings. The molecule has 0 aliphatic carbocycles. The zero-order valence-electron chi connectivity index (χ0n) is 14.4. The first-order valence-corrected chi connectivity index (χ1v) is 8.16. The van der Waals surface area contributed by atoms with Gasteiger partial charge in [0.2, 0.25) is 5.91 Å². The second kappa shape index (κ2) is 6.44. The molecule has 1 N–H and O–H groups in total. The molecule has 2 saturated heterocycles. The van der Waals surface area contributed by atoms with Gasteiger partial charge in [-0.2, -0.15) is 0 Å². The van der Waals surface area contributed by atoms with Crippen molar-refractivity contribution in [1.29, 1.82) is 0 Å². The Labute approximate surface area is 133 Å². The van der Waals surface area contributed by atoms with Gasteiger partial charge in [-0.15, -0.1) is 0 Å². The maximum Gasteiger partial charge on any atom is 0.410 e. The molecule has 6 heteroatoms. The molecule has 0 aromatic heterocycles. The van der Waals surface area contributed by atoms with E-state index in [1.165, 1.54) is 0 Å². The Kier molecular flexibility index (Phi) is 5.00. The van der Waals surface area contributed by atoms with Crippen LogP contribution in [0, 0.1) is 5.92 Å². The summed E-state index contributed by atoms with van der Waals surface area (Å²) in [4.78, 5) is 27.9. The summed E-state index contributed by atoms with van der Waals surface area (Å²) in [5, 5.41) is 3.44. The summed E-state index contributed by atoms with van der Waals surface area (Å²) >= 11 is 0. The summed E-state index contributed by atoms with van der Waals surface area (Å²) in [5.74, 6) is 0.647. The van der Waals surface area contributed by atoms with Gasteiger partial charge < -0.3 is 19.9 Å². The number of likely N-dealkylation sites (tertiary alicyclic amines) is 1. The lowest BCUT2D eigenvalue weighted by Gasteiger charge is -2.40. The average molecular weight is 311 g/mol. The Balaban J connectivity index is 1.93. The fourth-order valence-corrected chi connectivity index (χ4v) is 3.04. The Morgan fingerprint density at radius 1 is 1.32 bits per heavy atom. The van der Waals surface area contributed by atoms with Crippen molar-refractivity contribution in [2.24, 2.45) is 5.92 Å². The molecule has 2 heterocycles. The first-order valence-electron chi connectivity index (χ1n) is 8.16. The number of hydrogen-bond donors (Lipinski definition) is 1. The van der Waals surface area contributed by atoms with Gasteiger partial charge in [0.15, 0.2) is 0 Å². The third-order valence-corrected chi connectivity index (χ3v) is 4.13. The van der Waals surface area contributed by atoms with Crippen molar-refractivity contribution in [3.05, 3.63) is 0 Å². The number of carbonyl (C=O) groups excluding carboxylic acids is 2. The summed E-state index contributed by atoms with van der Waals surface area (Å²) in [6.07, 6.45) is 0.367. The first kappa shape index (κ1) is 17.1. The van der Waals surface area contributed by atoms with Crippen LogP contribution in [0.4, 0.5) is 4.79 Å². The minimum absolute atomic E-state index is 0.0966. The molecule has 2 fully saturated rings. The SMILES string of the molecule is CC1CC(=O)N(CC2CN(C(=O)OC(C)(C)C)C(C)CN2)C1. The van der Waals surface area contributed by atoms with Crippen LogP contribution in [0.5, 0.6) is 0 Å². The monoisotopic (exact) mass is 311 g/mol. The summed E-state index contributed by atoms with van der Waals surface area (Å²) in [7, 11) is 0. The fraction of sp³-hybridized carbons (Fsp3) is 0.875. The molecule has 0 radical (unpaired) electrons. The maximum absolute atomic E-state index is 12.3. The summed E-state index contributed by atoms with van der Waals surface area (Å²) in [6, 6.07) is 0.206. The lowest BCUT2D eigenvalue weighted by Crippen LogP contribution is -2.60. The zero-order chi connectivity index (χ0) is 16.5. The highest BCUT2D eigenvalue weighted by molar-refractivity contribution is 5.78. The lowest BCUT2D eigenvalue weighted by molar-refractivity contribution is -0.128. The van der Waals surface area contributed by atoms with Crippen molar-refractivity contribution in [1.82, 2.24) is 15.1 Å². The largest absolute Gasteiger partial charge is 0.444 e. The van der Waals surface area contributed by atoms with Crippen LogP contribution in [-0.4, -0.2) is 65.7 Å². The van der Waals surface area contributed by atoms with Crippen LogP contribution in [0.15, 0.2) is 0 Å². The van der Waals surface area contributed by atoms with E-state index < -0.39 is 5.60 Å². The van der Waals surface area contributed by atoms with Crippen molar-refractivity contribution < 1.29 is 14.3 Å². The molecular formula is C16H29N3O3. The first-order chi connectivity index (χ1) is 10.2. The highest BCUT2D eigenvalue weighted by atomic mass is 16.6. The molecule has 0 spiro atoms. The molecule has 22 heavy (non-hydrogen) atoms. The standard InChI is InChI=1S/C16H29N3O3/c1-11-6-14(20)18(8-11)9-13-10-19(12(2)7-17-13)15(21)22-16(3,4)5/h11-13,17H,6-10H2,1-5H3. The van der Waals surface area contributed by atoms with E-state index in [2.05, 4.69) is 12.2 Å². The van der Waals surface area contributed by atoms with Crippen LogP contribution >= 0.6 is 0 Å². The number of amides is 2. The Hall–Kier alpha value is -1.30. The number of ether oxygens (including phenoxy) is 1. The van der Waals surface area contributed by atoms with E-state index in [0.29, 0.717) is 25.4 Å². The Morgan fingerprint density at radius 3 is 2.55 bits per heavy atom. The maximum atomic E-state index is 12.3. The minimum Gasteiger partial charge on any atom is -0.444 e. The summed E-state index contributed by atoms with van der Waals surface area (Å²) < 4.78 is 5.48. The zero-order valence-corrected chi connectivity index (χ0v) is 14.4. The minimum atomic E-state index is -0.489.